The predicted octanol–water partition coefficient (Wildman–Crippen LogP) is 3.65. The highest BCUT2D eigenvalue weighted by Gasteiger charge is 2.24. The molecule has 1 N–H and O–H groups in total. The van der Waals surface area contributed by atoms with Gasteiger partial charge in [0, 0.05) is 19.5 Å². The van der Waals surface area contributed by atoms with Crippen molar-refractivity contribution >= 4 is 35.0 Å². The number of nitrogens with one attached hydrogen (secondary N) is 1. The van der Waals surface area contributed by atoms with Crippen LogP contribution in [0.2, 0.25) is 10.0 Å². The van der Waals surface area contributed by atoms with Gasteiger partial charge in [-0.1, -0.05) is 43.1 Å². The molecule has 0 saturated heterocycles. The normalized spacial score (nSPS) is 11.9. The number of hydrogen-bond donors (Lipinski definition) is 1. The summed E-state index contributed by atoms with van der Waals surface area (Å²) in [5.74, 6) is -0.228. The molecule has 0 heterocycles. The number of hydrogen-bond acceptors (Lipinski definition) is 2. The van der Waals surface area contributed by atoms with E-state index >= 15 is 0 Å². The van der Waals surface area contributed by atoms with Gasteiger partial charge in [0.25, 0.3) is 0 Å². The van der Waals surface area contributed by atoms with Gasteiger partial charge in [-0.05, 0) is 31.0 Å². The molecular weight excluding hydrogens is 323 g/mol. The smallest absolute Gasteiger partial charge is 0.242 e. The van der Waals surface area contributed by atoms with Gasteiger partial charge >= 0.3 is 0 Å². The molecule has 0 aliphatic heterocycles. The lowest BCUT2D eigenvalue weighted by atomic mass is 10.1. The second-order valence-corrected chi connectivity index (χ2v) is 5.91. The highest BCUT2D eigenvalue weighted by molar-refractivity contribution is 6.42. The fraction of sp³-hybridized carbons (Fsp3) is 0.500. The molecule has 6 heteroatoms. The Morgan fingerprint density at radius 1 is 1.23 bits per heavy atom. The van der Waals surface area contributed by atoms with E-state index in [0.29, 0.717) is 29.6 Å². The Morgan fingerprint density at radius 3 is 2.45 bits per heavy atom. The van der Waals surface area contributed by atoms with E-state index in [-0.39, 0.29) is 11.8 Å². The Bertz CT molecular complexity index is 535. The minimum Gasteiger partial charge on any atom is -0.354 e. The molecule has 0 aliphatic rings. The molecule has 0 unspecified atom stereocenters. The van der Waals surface area contributed by atoms with Crippen molar-refractivity contribution in [1.29, 1.82) is 0 Å². The van der Waals surface area contributed by atoms with E-state index < -0.39 is 6.04 Å². The SMILES string of the molecule is CCCNC(=O)[C@H](C)N(Cc1ccc(Cl)c(Cl)c1)C(=O)CC. The fourth-order valence-corrected chi connectivity index (χ4v) is 2.34. The van der Waals surface area contributed by atoms with Gasteiger partial charge in [0.2, 0.25) is 11.8 Å². The van der Waals surface area contributed by atoms with Crippen LogP contribution in [0, 0.1) is 0 Å². The Balaban J connectivity index is 2.90. The molecule has 0 aliphatic carbocycles. The first-order valence-corrected chi connectivity index (χ1v) is 8.17. The lowest BCUT2D eigenvalue weighted by Gasteiger charge is -2.28. The van der Waals surface area contributed by atoms with Gasteiger partial charge in [-0.25, -0.2) is 0 Å². The van der Waals surface area contributed by atoms with E-state index in [9.17, 15) is 9.59 Å². The maximum absolute atomic E-state index is 12.2. The zero-order valence-corrected chi connectivity index (χ0v) is 14.7. The largest absolute Gasteiger partial charge is 0.354 e. The van der Waals surface area contributed by atoms with E-state index in [2.05, 4.69) is 5.32 Å². The van der Waals surface area contributed by atoms with Gasteiger partial charge in [-0.15, -0.1) is 0 Å². The summed E-state index contributed by atoms with van der Waals surface area (Å²) < 4.78 is 0. The van der Waals surface area contributed by atoms with Crippen molar-refractivity contribution in [3.8, 4) is 0 Å². The van der Waals surface area contributed by atoms with Crippen LogP contribution in [-0.4, -0.2) is 29.3 Å². The molecule has 0 spiro atoms. The maximum Gasteiger partial charge on any atom is 0.242 e. The molecule has 1 aromatic carbocycles. The number of benzene rings is 1. The maximum atomic E-state index is 12.2. The summed E-state index contributed by atoms with van der Waals surface area (Å²) in [5, 5.41) is 3.72. The zero-order chi connectivity index (χ0) is 16.7. The van der Waals surface area contributed by atoms with E-state index in [1.165, 1.54) is 0 Å². The van der Waals surface area contributed by atoms with Gasteiger partial charge in [-0.2, -0.15) is 0 Å². The van der Waals surface area contributed by atoms with Crippen LogP contribution < -0.4 is 5.32 Å². The van der Waals surface area contributed by atoms with Gasteiger partial charge in [-0.3, -0.25) is 9.59 Å². The molecule has 0 saturated carbocycles. The highest BCUT2D eigenvalue weighted by Crippen LogP contribution is 2.23. The van der Waals surface area contributed by atoms with Gasteiger partial charge < -0.3 is 10.2 Å². The molecule has 22 heavy (non-hydrogen) atoms. The minimum absolute atomic E-state index is 0.0785. The molecular formula is C16H22Cl2N2O2. The van der Waals surface area contributed by atoms with E-state index in [1.54, 1.807) is 36.9 Å². The van der Waals surface area contributed by atoms with Crippen LogP contribution in [-0.2, 0) is 16.1 Å². The molecule has 0 fully saturated rings. The third-order valence-electron chi connectivity index (χ3n) is 3.36. The van der Waals surface area contributed by atoms with E-state index in [1.807, 2.05) is 6.92 Å². The minimum atomic E-state index is -0.534. The molecule has 4 nitrogen and oxygen atoms in total. The first kappa shape index (κ1) is 18.8. The van der Waals surface area contributed by atoms with Crippen LogP contribution in [0.25, 0.3) is 0 Å². The number of amides is 2. The standard InChI is InChI=1S/C16H22Cl2N2O2/c1-4-8-19-16(22)11(3)20(15(21)5-2)10-12-6-7-13(17)14(18)9-12/h6-7,9,11H,4-5,8,10H2,1-3H3,(H,19,22)/t11-/m0/s1. The van der Waals surface area contributed by atoms with Crippen molar-refractivity contribution < 1.29 is 9.59 Å². The Morgan fingerprint density at radius 2 is 1.91 bits per heavy atom. The summed E-state index contributed by atoms with van der Waals surface area (Å²) >= 11 is 11.9. The van der Waals surface area contributed by atoms with Crippen molar-refractivity contribution in [2.45, 2.75) is 46.2 Å². The molecule has 0 radical (unpaired) electrons. The number of carbonyl (C=O) groups is 2. The third-order valence-corrected chi connectivity index (χ3v) is 4.09. The van der Waals surface area contributed by atoms with Crippen LogP contribution in [0.4, 0.5) is 0 Å². The summed E-state index contributed by atoms with van der Waals surface area (Å²) in [6, 6.07) is 4.68. The lowest BCUT2D eigenvalue weighted by Crippen LogP contribution is -2.47. The monoisotopic (exact) mass is 344 g/mol. The summed E-state index contributed by atoms with van der Waals surface area (Å²) in [6.45, 7) is 6.42. The van der Waals surface area contributed by atoms with Gasteiger partial charge in [0.1, 0.15) is 6.04 Å². The fourth-order valence-electron chi connectivity index (χ4n) is 2.02. The average Bonchev–Trinajstić information content (AvgIpc) is 2.52. The highest BCUT2D eigenvalue weighted by atomic mass is 35.5. The molecule has 1 aromatic rings. The van der Waals surface area contributed by atoms with E-state index in [4.69, 9.17) is 23.2 Å². The molecule has 0 aromatic heterocycles. The number of nitrogens with zero attached hydrogens (tertiary/aromatic N) is 1. The second-order valence-electron chi connectivity index (χ2n) is 5.09. The summed E-state index contributed by atoms with van der Waals surface area (Å²) in [7, 11) is 0. The average molecular weight is 345 g/mol. The Labute approximate surface area is 141 Å². The summed E-state index contributed by atoms with van der Waals surface area (Å²) in [4.78, 5) is 25.9. The zero-order valence-electron chi connectivity index (χ0n) is 13.2. The van der Waals surface area contributed by atoms with Crippen LogP contribution in [0.3, 0.4) is 0 Å². The van der Waals surface area contributed by atoms with Crippen LogP contribution in [0.5, 0.6) is 0 Å². The summed E-state index contributed by atoms with van der Waals surface area (Å²) in [6.07, 6.45) is 1.19. The summed E-state index contributed by atoms with van der Waals surface area (Å²) in [5.41, 5.74) is 0.839. The van der Waals surface area contributed by atoms with Crippen LogP contribution in [0.15, 0.2) is 18.2 Å². The van der Waals surface area contributed by atoms with Crippen molar-refractivity contribution in [2.24, 2.45) is 0 Å². The number of carbonyl (C=O) groups excluding carboxylic acids is 2. The first-order chi connectivity index (χ1) is 10.4. The molecule has 2 amide bonds. The topological polar surface area (TPSA) is 49.4 Å². The predicted molar refractivity (Wildman–Crippen MR) is 90.1 cm³/mol. The van der Waals surface area contributed by atoms with Crippen molar-refractivity contribution in [2.75, 3.05) is 6.54 Å². The van der Waals surface area contributed by atoms with Crippen LogP contribution in [0.1, 0.15) is 39.2 Å². The quantitative estimate of drug-likeness (QED) is 0.820. The molecule has 1 atom stereocenters. The first-order valence-electron chi connectivity index (χ1n) is 7.41. The van der Waals surface area contributed by atoms with Crippen molar-refractivity contribution in [3.05, 3.63) is 33.8 Å². The molecule has 122 valence electrons. The van der Waals surface area contributed by atoms with Crippen molar-refractivity contribution in [3.63, 3.8) is 0 Å². The van der Waals surface area contributed by atoms with Crippen molar-refractivity contribution in [1.82, 2.24) is 10.2 Å². The third kappa shape index (κ3) is 5.18. The molecule has 0 bridgehead atoms. The number of rotatable bonds is 7. The second kappa shape index (κ2) is 9.01. The Hall–Kier alpha value is -1.26. The molecule has 1 rings (SSSR count). The number of halogens is 2. The van der Waals surface area contributed by atoms with E-state index in [0.717, 1.165) is 12.0 Å². The lowest BCUT2D eigenvalue weighted by molar-refractivity contribution is -0.140. The van der Waals surface area contributed by atoms with Crippen LogP contribution >= 0.6 is 23.2 Å². The Kier molecular flexibility index (Phi) is 7.69. The van der Waals surface area contributed by atoms with Gasteiger partial charge in [0.05, 0.1) is 10.0 Å². The van der Waals surface area contributed by atoms with Gasteiger partial charge in [0.15, 0.2) is 0 Å².